The number of methoxy groups -OCH3 is 1. The summed E-state index contributed by atoms with van der Waals surface area (Å²) in [6.07, 6.45) is -1.65. The zero-order valence-corrected chi connectivity index (χ0v) is 6.29. The Bertz CT molecular complexity index is 278. The summed E-state index contributed by atoms with van der Waals surface area (Å²) in [5, 5.41) is 8.83. The first-order chi connectivity index (χ1) is 5.65. The normalized spacial score (nSPS) is 10.3. The van der Waals surface area contributed by atoms with Crippen molar-refractivity contribution in [3.8, 4) is 11.6 Å². The molecule has 0 atom stereocenters. The van der Waals surface area contributed by atoms with Crippen molar-refractivity contribution < 1.29 is 18.6 Å². The van der Waals surface area contributed by atoms with Gasteiger partial charge in [-0.05, 0) is 6.07 Å². The summed E-state index contributed by atoms with van der Waals surface area (Å²) in [7, 11) is 1.24. The molecule has 3 nitrogen and oxygen atoms in total. The lowest BCUT2D eigenvalue weighted by atomic mass is 10.3. The molecule has 12 heavy (non-hydrogen) atoms. The van der Waals surface area contributed by atoms with Crippen LogP contribution in [0, 0.1) is 0 Å². The maximum absolute atomic E-state index is 12.2. The van der Waals surface area contributed by atoms with Crippen LogP contribution in [0.1, 0.15) is 12.0 Å². The van der Waals surface area contributed by atoms with Crippen LogP contribution >= 0.6 is 0 Å². The Morgan fingerprint density at radius 3 is 2.75 bits per heavy atom. The molecule has 0 aliphatic heterocycles. The SMILES string of the molecule is COc1ncc(O)cc1C(F)F. The molecule has 66 valence electrons. The Kier molecular flexibility index (Phi) is 2.42. The summed E-state index contributed by atoms with van der Waals surface area (Å²) in [5.41, 5.74) is -0.405. The molecule has 0 saturated carbocycles. The fourth-order valence-electron chi connectivity index (χ4n) is 0.785. The monoisotopic (exact) mass is 175 g/mol. The van der Waals surface area contributed by atoms with E-state index in [1.807, 2.05) is 0 Å². The zero-order chi connectivity index (χ0) is 9.14. The Morgan fingerprint density at radius 2 is 2.25 bits per heavy atom. The van der Waals surface area contributed by atoms with Crippen LogP contribution in [-0.4, -0.2) is 17.2 Å². The molecule has 1 rings (SSSR count). The number of pyridine rings is 1. The number of hydrogen-bond donors (Lipinski definition) is 1. The van der Waals surface area contributed by atoms with Gasteiger partial charge < -0.3 is 9.84 Å². The van der Waals surface area contributed by atoms with E-state index in [0.29, 0.717) is 0 Å². The molecule has 0 fully saturated rings. The molecule has 0 unspecified atom stereocenters. The topological polar surface area (TPSA) is 42.4 Å². The number of nitrogens with zero attached hydrogens (tertiary/aromatic N) is 1. The van der Waals surface area contributed by atoms with Gasteiger partial charge in [0.15, 0.2) is 0 Å². The van der Waals surface area contributed by atoms with E-state index in [9.17, 15) is 8.78 Å². The van der Waals surface area contributed by atoms with Crippen LogP contribution in [0.15, 0.2) is 12.3 Å². The van der Waals surface area contributed by atoms with Crippen LogP contribution in [-0.2, 0) is 0 Å². The van der Waals surface area contributed by atoms with Gasteiger partial charge in [-0.1, -0.05) is 0 Å². The molecule has 1 heterocycles. The molecular weight excluding hydrogens is 168 g/mol. The number of aromatic hydroxyl groups is 1. The maximum atomic E-state index is 12.2. The van der Waals surface area contributed by atoms with Gasteiger partial charge in [0.25, 0.3) is 6.43 Å². The minimum absolute atomic E-state index is 0.164. The van der Waals surface area contributed by atoms with Crippen molar-refractivity contribution in [1.29, 1.82) is 0 Å². The highest BCUT2D eigenvalue weighted by Crippen LogP contribution is 2.29. The van der Waals surface area contributed by atoms with E-state index < -0.39 is 12.0 Å². The van der Waals surface area contributed by atoms with Gasteiger partial charge in [-0.2, -0.15) is 0 Å². The lowest BCUT2D eigenvalue weighted by Gasteiger charge is -2.05. The third kappa shape index (κ3) is 1.61. The van der Waals surface area contributed by atoms with E-state index in [4.69, 9.17) is 5.11 Å². The van der Waals surface area contributed by atoms with E-state index in [1.165, 1.54) is 7.11 Å². The van der Waals surface area contributed by atoms with E-state index in [-0.39, 0.29) is 11.6 Å². The van der Waals surface area contributed by atoms with Crippen molar-refractivity contribution in [2.75, 3.05) is 7.11 Å². The summed E-state index contributed by atoms with van der Waals surface area (Å²) in [6, 6.07) is 0.927. The van der Waals surface area contributed by atoms with E-state index >= 15 is 0 Å². The van der Waals surface area contributed by atoms with Gasteiger partial charge in [0.1, 0.15) is 5.75 Å². The average molecular weight is 175 g/mol. The predicted molar refractivity (Wildman–Crippen MR) is 37.4 cm³/mol. The molecule has 1 N–H and O–H groups in total. The van der Waals surface area contributed by atoms with E-state index in [2.05, 4.69) is 9.72 Å². The fraction of sp³-hybridized carbons (Fsp3) is 0.286. The molecular formula is C7H7F2NO2. The molecule has 0 aliphatic carbocycles. The number of alkyl halides is 2. The minimum atomic E-state index is -2.69. The molecule has 5 heteroatoms. The molecule has 0 radical (unpaired) electrons. The van der Waals surface area contributed by atoms with E-state index in [1.54, 1.807) is 0 Å². The smallest absolute Gasteiger partial charge is 0.269 e. The van der Waals surface area contributed by atoms with Crippen LogP contribution in [0.25, 0.3) is 0 Å². The fourth-order valence-corrected chi connectivity index (χ4v) is 0.785. The minimum Gasteiger partial charge on any atom is -0.506 e. The number of hydrogen-bond acceptors (Lipinski definition) is 3. The third-order valence-electron chi connectivity index (χ3n) is 1.29. The van der Waals surface area contributed by atoms with Crippen molar-refractivity contribution in [3.05, 3.63) is 17.8 Å². The summed E-state index contributed by atoms with van der Waals surface area (Å²) < 4.78 is 28.9. The highest BCUT2D eigenvalue weighted by atomic mass is 19.3. The molecule has 0 saturated heterocycles. The predicted octanol–water partition coefficient (Wildman–Crippen LogP) is 1.73. The molecule has 1 aromatic rings. The second kappa shape index (κ2) is 3.34. The Morgan fingerprint density at radius 1 is 1.58 bits per heavy atom. The quantitative estimate of drug-likeness (QED) is 0.744. The lowest BCUT2D eigenvalue weighted by molar-refractivity contribution is 0.145. The van der Waals surface area contributed by atoms with Crippen LogP contribution in [0.5, 0.6) is 11.6 Å². The van der Waals surface area contributed by atoms with Crippen LogP contribution in [0.4, 0.5) is 8.78 Å². The Hall–Kier alpha value is -1.39. The first-order valence-electron chi connectivity index (χ1n) is 3.16. The summed E-state index contributed by atoms with van der Waals surface area (Å²) in [6.45, 7) is 0. The second-order valence-corrected chi connectivity index (χ2v) is 2.09. The molecule has 0 aromatic carbocycles. The second-order valence-electron chi connectivity index (χ2n) is 2.09. The Balaban J connectivity index is 3.12. The molecule has 1 aromatic heterocycles. The van der Waals surface area contributed by atoms with Crippen molar-refractivity contribution >= 4 is 0 Å². The molecule has 0 amide bonds. The van der Waals surface area contributed by atoms with Crippen molar-refractivity contribution in [2.24, 2.45) is 0 Å². The van der Waals surface area contributed by atoms with Gasteiger partial charge in [-0.3, -0.25) is 0 Å². The first kappa shape index (κ1) is 8.70. The zero-order valence-electron chi connectivity index (χ0n) is 6.29. The van der Waals surface area contributed by atoms with Crippen molar-refractivity contribution in [2.45, 2.75) is 6.43 Å². The first-order valence-corrected chi connectivity index (χ1v) is 3.16. The molecule has 0 spiro atoms. The van der Waals surface area contributed by atoms with Gasteiger partial charge in [0.2, 0.25) is 5.88 Å². The average Bonchev–Trinajstić information content (AvgIpc) is 2.04. The van der Waals surface area contributed by atoms with Crippen LogP contribution in [0.3, 0.4) is 0 Å². The maximum Gasteiger partial charge on any atom is 0.269 e. The molecule has 0 bridgehead atoms. The summed E-state index contributed by atoms with van der Waals surface area (Å²) in [4.78, 5) is 3.47. The Labute approximate surface area is 67.6 Å². The van der Waals surface area contributed by atoms with Gasteiger partial charge in [0.05, 0.1) is 18.9 Å². The van der Waals surface area contributed by atoms with Gasteiger partial charge in [0, 0.05) is 0 Å². The number of ether oxygens (including phenoxy) is 1. The summed E-state index contributed by atoms with van der Waals surface area (Å²) >= 11 is 0. The van der Waals surface area contributed by atoms with Crippen molar-refractivity contribution in [3.63, 3.8) is 0 Å². The lowest BCUT2D eigenvalue weighted by Crippen LogP contribution is -1.94. The molecule has 0 aliphatic rings. The van der Waals surface area contributed by atoms with Crippen LogP contribution in [0.2, 0.25) is 0 Å². The third-order valence-corrected chi connectivity index (χ3v) is 1.29. The van der Waals surface area contributed by atoms with Crippen molar-refractivity contribution in [1.82, 2.24) is 4.98 Å². The standard InChI is InChI=1S/C7H7F2NO2/c1-12-7-5(6(8)9)2-4(11)3-10-7/h2-3,6,11H,1H3. The number of aromatic nitrogens is 1. The summed E-state index contributed by atoms with van der Waals surface area (Å²) in [5.74, 6) is -0.464. The highest BCUT2D eigenvalue weighted by Gasteiger charge is 2.15. The highest BCUT2D eigenvalue weighted by molar-refractivity contribution is 5.33. The van der Waals surface area contributed by atoms with E-state index in [0.717, 1.165) is 12.3 Å². The largest absolute Gasteiger partial charge is 0.506 e. The number of rotatable bonds is 2. The number of halogens is 2. The van der Waals surface area contributed by atoms with Gasteiger partial charge in [-0.25, -0.2) is 13.8 Å². The van der Waals surface area contributed by atoms with Crippen LogP contribution < -0.4 is 4.74 Å². The van der Waals surface area contributed by atoms with Gasteiger partial charge in [-0.15, -0.1) is 0 Å². The van der Waals surface area contributed by atoms with Gasteiger partial charge >= 0.3 is 0 Å².